The molecule has 0 radical (unpaired) electrons. The lowest BCUT2D eigenvalue weighted by atomic mass is 10.0. The molecular formula is C20H31ClN2O3. The fourth-order valence-electron chi connectivity index (χ4n) is 4.49. The van der Waals surface area contributed by atoms with Gasteiger partial charge in [0.2, 0.25) is 0 Å². The molecule has 2 aliphatic rings. The van der Waals surface area contributed by atoms with Crippen molar-refractivity contribution in [3.05, 3.63) is 22.7 Å². The number of ether oxygens (including phenoxy) is 2. The van der Waals surface area contributed by atoms with Crippen LogP contribution in [0.1, 0.15) is 37.7 Å². The average Bonchev–Trinajstić information content (AvgIpc) is 3.18. The van der Waals surface area contributed by atoms with Gasteiger partial charge >= 0.3 is 0 Å². The van der Waals surface area contributed by atoms with E-state index in [1.807, 2.05) is 12.1 Å². The highest BCUT2D eigenvalue weighted by Crippen LogP contribution is 2.38. The van der Waals surface area contributed by atoms with Gasteiger partial charge in [-0.1, -0.05) is 30.5 Å². The summed E-state index contributed by atoms with van der Waals surface area (Å²) >= 11 is 6.56. The highest BCUT2D eigenvalue weighted by molar-refractivity contribution is 6.33. The third-order valence-electron chi connectivity index (χ3n) is 5.83. The van der Waals surface area contributed by atoms with Gasteiger partial charge in [-0.25, -0.2) is 0 Å². The van der Waals surface area contributed by atoms with Gasteiger partial charge in [-0.15, -0.1) is 0 Å². The van der Waals surface area contributed by atoms with Crippen molar-refractivity contribution in [2.45, 2.75) is 50.7 Å². The number of hydrogen-bond acceptors (Lipinski definition) is 5. The summed E-state index contributed by atoms with van der Waals surface area (Å²) < 4.78 is 10.7. The summed E-state index contributed by atoms with van der Waals surface area (Å²) in [6, 6.07) is 5.07. The van der Waals surface area contributed by atoms with Crippen LogP contribution in [0.3, 0.4) is 0 Å². The highest BCUT2D eigenvalue weighted by Gasteiger charge is 2.33. The maximum Gasteiger partial charge on any atom is 0.179 e. The summed E-state index contributed by atoms with van der Waals surface area (Å²) in [5, 5.41) is 10.2. The van der Waals surface area contributed by atoms with Gasteiger partial charge in [0.25, 0.3) is 0 Å². The van der Waals surface area contributed by atoms with Crippen molar-refractivity contribution in [1.29, 1.82) is 0 Å². The minimum Gasteiger partial charge on any atom is -0.493 e. The van der Waals surface area contributed by atoms with Crippen molar-refractivity contribution in [1.82, 2.24) is 9.80 Å². The van der Waals surface area contributed by atoms with E-state index in [1.54, 1.807) is 14.2 Å². The van der Waals surface area contributed by atoms with Crippen LogP contribution in [-0.4, -0.2) is 67.5 Å². The van der Waals surface area contributed by atoms with Crippen molar-refractivity contribution in [2.75, 3.05) is 40.5 Å². The van der Waals surface area contributed by atoms with Crippen molar-refractivity contribution in [3.8, 4) is 11.5 Å². The Morgan fingerprint density at radius 1 is 1.15 bits per heavy atom. The molecule has 1 aliphatic carbocycles. The highest BCUT2D eigenvalue weighted by atomic mass is 35.5. The van der Waals surface area contributed by atoms with Gasteiger partial charge in [0.15, 0.2) is 11.5 Å². The van der Waals surface area contributed by atoms with Crippen LogP contribution in [-0.2, 0) is 6.54 Å². The molecule has 1 aromatic rings. The number of halogens is 1. The van der Waals surface area contributed by atoms with Crippen LogP contribution in [0, 0.1) is 0 Å². The Labute approximate surface area is 161 Å². The van der Waals surface area contributed by atoms with E-state index in [0.717, 1.165) is 38.2 Å². The second kappa shape index (κ2) is 9.27. The minimum absolute atomic E-state index is 0.249. The predicted octanol–water partition coefficient (Wildman–Crippen LogP) is 3.17. The Bertz CT molecular complexity index is 593. The Morgan fingerprint density at radius 3 is 2.58 bits per heavy atom. The van der Waals surface area contributed by atoms with Crippen molar-refractivity contribution >= 4 is 11.6 Å². The zero-order valence-electron chi connectivity index (χ0n) is 15.9. The number of piperazine rings is 1. The van der Waals surface area contributed by atoms with Crippen LogP contribution >= 0.6 is 11.6 Å². The Hall–Kier alpha value is -1.01. The van der Waals surface area contributed by atoms with Crippen LogP contribution < -0.4 is 9.47 Å². The molecule has 0 unspecified atom stereocenters. The monoisotopic (exact) mass is 382 g/mol. The molecule has 0 bridgehead atoms. The van der Waals surface area contributed by atoms with Crippen molar-refractivity contribution in [2.24, 2.45) is 0 Å². The first-order chi connectivity index (χ1) is 12.7. The second-order valence-electron chi connectivity index (χ2n) is 7.35. The molecule has 3 rings (SSSR count). The van der Waals surface area contributed by atoms with Crippen LogP contribution in [0.15, 0.2) is 12.1 Å². The van der Waals surface area contributed by atoms with Gasteiger partial charge in [-0.05, 0) is 30.9 Å². The second-order valence-corrected chi connectivity index (χ2v) is 7.73. The Morgan fingerprint density at radius 2 is 1.92 bits per heavy atom. The molecule has 1 atom stereocenters. The number of aliphatic hydroxyl groups is 1. The van der Waals surface area contributed by atoms with Gasteiger partial charge in [0.1, 0.15) is 0 Å². The van der Waals surface area contributed by atoms with E-state index in [4.69, 9.17) is 21.1 Å². The van der Waals surface area contributed by atoms with Crippen LogP contribution in [0.25, 0.3) is 0 Å². The van der Waals surface area contributed by atoms with Crippen LogP contribution in [0.5, 0.6) is 11.5 Å². The van der Waals surface area contributed by atoms with E-state index in [0.29, 0.717) is 28.6 Å². The zero-order valence-corrected chi connectivity index (χ0v) is 16.7. The summed E-state index contributed by atoms with van der Waals surface area (Å²) in [7, 11) is 3.24. The molecule has 1 saturated heterocycles. The van der Waals surface area contributed by atoms with Crippen LogP contribution in [0.4, 0.5) is 0 Å². The first-order valence-electron chi connectivity index (χ1n) is 9.66. The lowest BCUT2D eigenvalue weighted by molar-refractivity contribution is 0.0267. The van der Waals surface area contributed by atoms with Gasteiger partial charge < -0.3 is 14.6 Å². The minimum atomic E-state index is 0.249. The fourth-order valence-corrected chi connectivity index (χ4v) is 4.79. The van der Waals surface area contributed by atoms with E-state index in [-0.39, 0.29) is 6.61 Å². The number of nitrogens with zero attached hydrogens (tertiary/aromatic N) is 2. The SMILES string of the molecule is COc1ccc(CN2CCN(C3CCCC3)[C@@H](CCO)C2)c(Cl)c1OC. The summed E-state index contributed by atoms with van der Waals surface area (Å²) in [4.78, 5) is 5.09. The molecular weight excluding hydrogens is 352 g/mol. The van der Waals surface area contributed by atoms with E-state index >= 15 is 0 Å². The number of aliphatic hydroxyl groups excluding tert-OH is 1. The summed E-state index contributed by atoms with van der Waals surface area (Å²) in [6.07, 6.45) is 6.15. The number of rotatable bonds is 7. The van der Waals surface area contributed by atoms with Gasteiger partial charge in [0, 0.05) is 44.9 Å². The molecule has 26 heavy (non-hydrogen) atoms. The first kappa shape index (κ1) is 19.7. The molecule has 1 saturated carbocycles. The van der Waals surface area contributed by atoms with Gasteiger partial charge in [0.05, 0.1) is 19.2 Å². The molecule has 1 aliphatic heterocycles. The first-order valence-corrected chi connectivity index (χ1v) is 10.0. The smallest absolute Gasteiger partial charge is 0.179 e. The van der Waals surface area contributed by atoms with Crippen LogP contribution in [0.2, 0.25) is 5.02 Å². The molecule has 2 fully saturated rings. The molecule has 0 spiro atoms. The van der Waals surface area contributed by atoms with Crippen molar-refractivity contribution in [3.63, 3.8) is 0 Å². The Kier molecular flexibility index (Phi) is 7.04. The number of benzene rings is 1. The lowest BCUT2D eigenvalue weighted by Gasteiger charge is -2.44. The standard InChI is InChI=1S/C20H31ClN2O3/c1-25-18-8-7-15(19(21)20(18)26-2)13-22-10-11-23(16-5-3-4-6-16)17(14-22)9-12-24/h7-8,16-17,24H,3-6,9-14H2,1-2H3/t17-/m0/s1. The summed E-state index contributed by atoms with van der Waals surface area (Å²) in [5.41, 5.74) is 1.06. The molecule has 146 valence electrons. The van der Waals surface area contributed by atoms with Crippen molar-refractivity contribution < 1.29 is 14.6 Å². The maximum atomic E-state index is 9.53. The van der Waals surface area contributed by atoms with E-state index in [2.05, 4.69) is 9.80 Å². The molecule has 0 aromatic heterocycles. The van der Waals surface area contributed by atoms with E-state index in [1.165, 1.54) is 25.7 Å². The molecule has 1 aromatic carbocycles. The normalized spacial score (nSPS) is 22.7. The quantitative estimate of drug-likeness (QED) is 0.784. The predicted molar refractivity (Wildman–Crippen MR) is 104 cm³/mol. The molecule has 1 heterocycles. The van der Waals surface area contributed by atoms with E-state index < -0.39 is 0 Å². The topological polar surface area (TPSA) is 45.2 Å². The largest absolute Gasteiger partial charge is 0.493 e. The fraction of sp³-hybridized carbons (Fsp3) is 0.700. The molecule has 6 heteroatoms. The third-order valence-corrected chi connectivity index (χ3v) is 6.24. The number of hydrogen-bond donors (Lipinski definition) is 1. The van der Waals surface area contributed by atoms with Gasteiger partial charge in [-0.2, -0.15) is 0 Å². The third kappa shape index (κ3) is 4.28. The average molecular weight is 383 g/mol. The van der Waals surface area contributed by atoms with Gasteiger partial charge in [-0.3, -0.25) is 9.80 Å². The Balaban J connectivity index is 1.69. The lowest BCUT2D eigenvalue weighted by Crippen LogP contribution is -2.56. The van der Waals surface area contributed by atoms with E-state index in [9.17, 15) is 5.11 Å². The number of methoxy groups -OCH3 is 2. The molecule has 0 amide bonds. The maximum absolute atomic E-state index is 9.53. The summed E-state index contributed by atoms with van der Waals surface area (Å²) in [6.45, 7) is 4.11. The molecule has 1 N–H and O–H groups in total. The molecule has 5 nitrogen and oxygen atoms in total. The summed E-state index contributed by atoms with van der Waals surface area (Å²) in [5.74, 6) is 1.26. The zero-order chi connectivity index (χ0) is 18.5.